The number of carbonyl (C=O) groups is 3. The van der Waals surface area contributed by atoms with E-state index < -0.39 is 28.7 Å². The molecule has 3 heterocycles. The van der Waals surface area contributed by atoms with E-state index in [0.29, 0.717) is 26.2 Å². The van der Waals surface area contributed by atoms with Gasteiger partial charge in [-0.25, -0.2) is 0 Å². The summed E-state index contributed by atoms with van der Waals surface area (Å²) in [7, 11) is 0. The van der Waals surface area contributed by atoms with Crippen LogP contribution in [0.1, 0.15) is 31.4 Å². The molecule has 1 N–H and O–H groups in total. The topological polar surface area (TPSA) is 81.2 Å². The molecule has 3 aliphatic heterocycles. The van der Waals surface area contributed by atoms with Gasteiger partial charge in [0.1, 0.15) is 6.04 Å². The van der Waals surface area contributed by atoms with Gasteiger partial charge in [-0.05, 0) is 30.4 Å². The molecule has 3 unspecified atom stereocenters. The molecule has 8 heteroatoms. The molecule has 0 radical (unpaired) electrons. The summed E-state index contributed by atoms with van der Waals surface area (Å²) in [6.45, 7) is 12.9. The van der Waals surface area contributed by atoms with Crippen molar-refractivity contribution < 1.29 is 19.5 Å². The van der Waals surface area contributed by atoms with E-state index in [1.165, 1.54) is 0 Å². The second kappa shape index (κ2) is 12.5. The second-order valence-electron chi connectivity index (χ2n) is 11.8. The molecule has 7 atom stereocenters. The predicted octanol–water partition coefficient (Wildman–Crippen LogP) is 4.13. The Morgan fingerprint density at radius 3 is 2.02 bits per heavy atom. The summed E-state index contributed by atoms with van der Waals surface area (Å²) in [4.78, 5) is 48.6. The van der Waals surface area contributed by atoms with Crippen molar-refractivity contribution in [3.8, 4) is 0 Å². The molecule has 3 aliphatic rings. The van der Waals surface area contributed by atoms with Gasteiger partial charge in [0.25, 0.3) is 0 Å². The summed E-state index contributed by atoms with van der Waals surface area (Å²) >= 11 is 1.66. The molecule has 5 rings (SSSR count). The third-order valence-corrected chi connectivity index (χ3v) is 11.3. The lowest BCUT2D eigenvalue weighted by Gasteiger charge is -2.42. The van der Waals surface area contributed by atoms with Crippen LogP contribution in [0, 0.1) is 17.8 Å². The van der Waals surface area contributed by atoms with E-state index in [1.54, 1.807) is 45.5 Å². The zero-order chi connectivity index (χ0) is 30.0. The van der Waals surface area contributed by atoms with Crippen LogP contribution < -0.4 is 0 Å². The van der Waals surface area contributed by atoms with Crippen LogP contribution in [-0.4, -0.2) is 79.3 Å². The predicted molar refractivity (Wildman–Crippen MR) is 166 cm³/mol. The van der Waals surface area contributed by atoms with Crippen molar-refractivity contribution in [2.75, 3.05) is 19.7 Å². The van der Waals surface area contributed by atoms with Crippen molar-refractivity contribution in [1.29, 1.82) is 0 Å². The van der Waals surface area contributed by atoms with Crippen molar-refractivity contribution in [2.45, 2.75) is 55.4 Å². The molecule has 1 spiro atoms. The van der Waals surface area contributed by atoms with Crippen LogP contribution in [0.25, 0.3) is 0 Å². The summed E-state index contributed by atoms with van der Waals surface area (Å²) in [5, 5.41) is 10.2. The summed E-state index contributed by atoms with van der Waals surface area (Å²) in [5.41, 5.74) is 1.99. The van der Waals surface area contributed by atoms with Crippen molar-refractivity contribution in [3.63, 3.8) is 0 Å². The number of hydrogen-bond acceptors (Lipinski definition) is 5. The Kier molecular flexibility index (Phi) is 8.94. The van der Waals surface area contributed by atoms with Gasteiger partial charge in [-0.2, -0.15) is 0 Å². The Morgan fingerprint density at radius 1 is 1.00 bits per heavy atom. The Hall–Kier alpha value is -3.36. The minimum Gasteiger partial charge on any atom is -0.394 e. The quantitative estimate of drug-likeness (QED) is 0.378. The number of amides is 3. The standard InChI is InChI=1S/C34H41N3O4S/c1-5-17-35(20-25-13-9-7-10-14-25)31(39)28-27-19-23(3)34(42-27)29(28)32(40)37(24(4)22-38)30(34)33(41)36(18-6-2)21-26-15-11-8-12-16-26/h5-16,23-24,27-30,38H,1-2,17-22H2,3-4H3/t23?,24-,27+,28-,29+,30?,34?/m1/s1. The number of benzene rings is 2. The van der Waals surface area contributed by atoms with E-state index >= 15 is 0 Å². The number of fused-ring (bicyclic) bond motifs is 1. The fourth-order valence-electron chi connectivity index (χ4n) is 7.35. The Bertz CT molecular complexity index is 1320. The van der Waals surface area contributed by atoms with Crippen LogP contribution in [0.2, 0.25) is 0 Å². The Morgan fingerprint density at radius 2 is 1.52 bits per heavy atom. The minimum atomic E-state index is -0.786. The molecule has 0 aliphatic carbocycles. The van der Waals surface area contributed by atoms with Crippen LogP contribution >= 0.6 is 11.8 Å². The number of nitrogens with zero attached hydrogens (tertiary/aromatic N) is 3. The summed E-state index contributed by atoms with van der Waals surface area (Å²) in [6.07, 6.45) is 4.18. The smallest absolute Gasteiger partial charge is 0.247 e. The van der Waals surface area contributed by atoms with Crippen LogP contribution in [0.15, 0.2) is 86.0 Å². The van der Waals surface area contributed by atoms with E-state index in [2.05, 4.69) is 20.1 Å². The van der Waals surface area contributed by atoms with E-state index in [9.17, 15) is 19.5 Å². The molecule has 3 saturated heterocycles. The fourth-order valence-corrected chi connectivity index (χ4v) is 9.75. The van der Waals surface area contributed by atoms with Gasteiger partial charge in [0.05, 0.1) is 29.2 Å². The molecular weight excluding hydrogens is 546 g/mol. The molecule has 2 aromatic carbocycles. The van der Waals surface area contributed by atoms with Gasteiger partial charge in [0, 0.05) is 31.4 Å². The van der Waals surface area contributed by atoms with Gasteiger partial charge in [0.15, 0.2) is 0 Å². The third-order valence-electron chi connectivity index (χ3n) is 9.20. The highest BCUT2D eigenvalue weighted by atomic mass is 32.2. The van der Waals surface area contributed by atoms with Crippen LogP contribution in [0.5, 0.6) is 0 Å². The average Bonchev–Trinajstić information content (AvgIpc) is 3.60. The Balaban J connectivity index is 1.53. The van der Waals surface area contributed by atoms with Crippen LogP contribution in [0.4, 0.5) is 0 Å². The first kappa shape index (κ1) is 30.1. The maximum Gasteiger partial charge on any atom is 0.247 e. The summed E-state index contributed by atoms with van der Waals surface area (Å²) in [5.74, 6) is -1.57. The molecule has 42 heavy (non-hydrogen) atoms. The normalized spacial score (nSPS) is 28.3. The number of hydrogen-bond donors (Lipinski definition) is 1. The molecular formula is C34H41N3O4S. The van der Waals surface area contributed by atoms with E-state index in [4.69, 9.17) is 0 Å². The lowest BCUT2D eigenvalue weighted by atomic mass is 9.65. The second-order valence-corrected chi connectivity index (χ2v) is 13.4. The number of rotatable bonds is 12. The molecule has 222 valence electrons. The van der Waals surface area contributed by atoms with Gasteiger partial charge < -0.3 is 19.8 Å². The monoisotopic (exact) mass is 587 g/mol. The molecule has 2 bridgehead atoms. The van der Waals surface area contributed by atoms with Crippen molar-refractivity contribution in [3.05, 3.63) is 97.1 Å². The van der Waals surface area contributed by atoms with E-state index in [-0.39, 0.29) is 35.5 Å². The average molecular weight is 588 g/mol. The molecule has 3 fully saturated rings. The first-order valence-corrected chi connectivity index (χ1v) is 15.6. The first-order chi connectivity index (χ1) is 20.3. The highest BCUT2D eigenvalue weighted by Crippen LogP contribution is 2.69. The third kappa shape index (κ3) is 5.09. The fraction of sp³-hybridized carbons (Fsp3) is 0.441. The van der Waals surface area contributed by atoms with E-state index in [0.717, 1.165) is 17.5 Å². The van der Waals surface area contributed by atoms with E-state index in [1.807, 2.05) is 60.7 Å². The maximum absolute atomic E-state index is 14.6. The van der Waals surface area contributed by atoms with Gasteiger partial charge in [-0.15, -0.1) is 24.9 Å². The largest absolute Gasteiger partial charge is 0.394 e. The first-order valence-electron chi connectivity index (χ1n) is 14.8. The molecule has 0 saturated carbocycles. The number of carbonyl (C=O) groups excluding carboxylic acids is 3. The highest BCUT2D eigenvalue weighted by molar-refractivity contribution is 8.02. The summed E-state index contributed by atoms with van der Waals surface area (Å²) < 4.78 is -0.759. The zero-order valence-corrected chi connectivity index (χ0v) is 25.3. The number of aliphatic hydroxyl groups is 1. The SMILES string of the molecule is C=CCN(Cc1ccccc1)C(=O)C1N([C@H](C)CO)C(=O)[C@@H]2[C@H](C(=O)N(CC=C)Cc3ccccc3)[C@@H]3CC(C)C12S3. The Labute approximate surface area is 253 Å². The van der Waals surface area contributed by atoms with Gasteiger partial charge >= 0.3 is 0 Å². The lowest BCUT2D eigenvalue weighted by molar-refractivity contribution is -0.147. The molecule has 7 nitrogen and oxygen atoms in total. The van der Waals surface area contributed by atoms with Gasteiger partial charge in [0.2, 0.25) is 17.7 Å². The number of thioether (sulfide) groups is 1. The molecule has 3 amide bonds. The van der Waals surface area contributed by atoms with Crippen LogP contribution in [-0.2, 0) is 27.5 Å². The zero-order valence-electron chi connectivity index (χ0n) is 24.5. The maximum atomic E-state index is 14.6. The molecule has 0 aromatic heterocycles. The van der Waals surface area contributed by atoms with Crippen LogP contribution in [0.3, 0.4) is 0 Å². The van der Waals surface area contributed by atoms with Crippen molar-refractivity contribution >= 4 is 29.5 Å². The van der Waals surface area contributed by atoms with Crippen molar-refractivity contribution in [1.82, 2.24) is 14.7 Å². The van der Waals surface area contributed by atoms with Gasteiger partial charge in [-0.3, -0.25) is 14.4 Å². The minimum absolute atomic E-state index is 0.0413. The van der Waals surface area contributed by atoms with Crippen molar-refractivity contribution in [2.24, 2.45) is 17.8 Å². The lowest BCUT2D eigenvalue weighted by Crippen LogP contribution is -2.58. The number of aliphatic hydroxyl groups excluding tert-OH is 1. The van der Waals surface area contributed by atoms with Gasteiger partial charge in [-0.1, -0.05) is 79.7 Å². The molecule has 2 aromatic rings. The highest BCUT2D eigenvalue weighted by Gasteiger charge is 2.76. The number of likely N-dealkylation sites (tertiary alicyclic amines) is 1. The summed E-state index contributed by atoms with van der Waals surface area (Å²) in [6, 6.07) is 18.2.